The highest BCUT2D eigenvalue weighted by Crippen LogP contribution is 2.43. The van der Waals surface area contributed by atoms with Gasteiger partial charge in [0.05, 0.1) is 19.3 Å². The van der Waals surface area contributed by atoms with Gasteiger partial charge in [0, 0.05) is 12.1 Å². The van der Waals surface area contributed by atoms with Crippen molar-refractivity contribution in [2.24, 2.45) is 0 Å². The van der Waals surface area contributed by atoms with Gasteiger partial charge in [0.1, 0.15) is 18.5 Å². The zero-order valence-electron chi connectivity index (χ0n) is 14.5. The van der Waals surface area contributed by atoms with E-state index in [2.05, 4.69) is 15.9 Å². The minimum atomic E-state index is -1.33. The Bertz CT molecular complexity index is 1090. The van der Waals surface area contributed by atoms with Crippen LogP contribution in [0.25, 0.3) is 0 Å². The Hall–Kier alpha value is -2.45. The summed E-state index contributed by atoms with van der Waals surface area (Å²) in [5.41, 5.74) is 5.61. The molecule has 0 amide bonds. The molecule has 0 saturated heterocycles. The van der Waals surface area contributed by atoms with Gasteiger partial charge >= 0.3 is 0 Å². The first-order valence-corrected chi connectivity index (χ1v) is 9.90. The number of nitrogens with two attached hydrogens (primary N) is 1. The van der Waals surface area contributed by atoms with Gasteiger partial charge in [0.15, 0.2) is 23.1 Å². The highest BCUT2D eigenvalue weighted by atomic mass is 127. The molecule has 3 rings (SSSR count). The van der Waals surface area contributed by atoms with E-state index in [1.807, 2.05) is 6.07 Å². The molecule has 0 radical (unpaired) electrons. The van der Waals surface area contributed by atoms with E-state index in [-0.39, 0.29) is 37.4 Å². The molecule has 3 aromatic carbocycles. The Kier molecular flexibility index (Phi) is 6.54. The number of hydrogen-bond acceptors (Lipinski definition) is 4. The van der Waals surface area contributed by atoms with E-state index in [9.17, 15) is 13.2 Å². The molecule has 9 heteroatoms. The van der Waals surface area contributed by atoms with Gasteiger partial charge in [-0.05, 0) is 44.1 Å². The molecule has 0 aromatic heterocycles. The van der Waals surface area contributed by atoms with E-state index >= 15 is 0 Å². The molecular weight excluding hydrogens is 564 g/mol. The molecule has 0 unspecified atom stereocenters. The highest BCUT2D eigenvalue weighted by Gasteiger charge is 2.24. The summed E-state index contributed by atoms with van der Waals surface area (Å²) in [7, 11) is 0. The first kappa shape index (κ1) is 21.3. The molecular formula is C20H11BrF3IN2O2. The lowest BCUT2D eigenvalue weighted by atomic mass is 10.2. The lowest BCUT2D eigenvalue weighted by molar-refractivity contribution is 0.287. The summed E-state index contributed by atoms with van der Waals surface area (Å²) in [4.78, 5) is 0. The maximum absolute atomic E-state index is 14.4. The van der Waals surface area contributed by atoms with Gasteiger partial charge in [0.2, 0.25) is 5.82 Å². The molecule has 0 aliphatic heterocycles. The first-order valence-electron chi connectivity index (χ1n) is 8.03. The largest absolute Gasteiger partial charge is 0.485 e. The summed E-state index contributed by atoms with van der Waals surface area (Å²) >= 11 is 4.85. The average molecular weight is 575 g/mol. The summed E-state index contributed by atoms with van der Waals surface area (Å²) in [6, 6.07) is 12.7. The van der Waals surface area contributed by atoms with Crippen LogP contribution in [0.2, 0.25) is 0 Å². The van der Waals surface area contributed by atoms with Crippen molar-refractivity contribution in [2.45, 2.75) is 6.61 Å². The van der Waals surface area contributed by atoms with Crippen LogP contribution in [0.4, 0.5) is 18.9 Å². The van der Waals surface area contributed by atoms with Crippen molar-refractivity contribution in [2.75, 3.05) is 5.73 Å². The van der Waals surface area contributed by atoms with E-state index in [4.69, 9.17) is 20.5 Å². The fourth-order valence-electron chi connectivity index (χ4n) is 2.38. The predicted octanol–water partition coefficient (Wildman–Crippen LogP) is 6.30. The standard InChI is InChI=1S/C20H11BrF3IN2O2/c21-15-18(25)19(27)16(23)17(24)20(15)29-14-6-11(8-26)12(22)7-13(14)28-9-10-4-2-1-3-5-10/h1-7H,9,27H2. The zero-order valence-corrected chi connectivity index (χ0v) is 18.2. The smallest absolute Gasteiger partial charge is 0.204 e. The molecule has 29 heavy (non-hydrogen) atoms. The second-order valence-electron chi connectivity index (χ2n) is 5.77. The molecule has 148 valence electrons. The van der Waals surface area contributed by atoms with Crippen LogP contribution in [0, 0.1) is 32.4 Å². The van der Waals surface area contributed by atoms with E-state index in [0.29, 0.717) is 0 Å². The van der Waals surface area contributed by atoms with Crippen LogP contribution in [-0.2, 0) is 6.61 Å². The number of nitrogens with zero attached hydrogens (tertiary/aromatic N) is 1. The van der Waals surface area contributed by atoms with Crippen molar-refractivity contribution in [3.63, 3.8) is 0 Å². The molecule has 0 bridgehead atoms. The predicted molar refractivity (Wildman–Crippen MR) is 113 cm³/mol. The lowest BCUT2D eigenvalue weighted by Crippen LogP contribution is -2.04. The molecule has 3 aromatic rings. The van der Waals surface area contributed by atoms with Crippen molar-refractivity contribution in [3.8, 4) is 23.3 Å². The van der Waals surface area contributed by atoms with Crippen LogP contribution in [-0.4, -0.2) is 0 Å². The summed E-state index contributed by atoms with van der Waals surface area (Å²) in [6.45, 7) is 0.0693. The molecule has 0 spiro atoms. The topological polar surface area (TPSA) is 68.3 Å². The molecule has 2 N–H and O–H groups in total. The van der Waals surface area contributed by atoms with Gasteiger partial charge in [-0.2, -0.15) is 9.65 Å². The monoisotopic (exact) mass is 574 g/mol. The van der Waals surface area contributed by atoms with Crippen molar-refractivity contribution < 1.29 is 22.6 Å². The van der Waals surface area contributed by atoms with Crippen molar-refractivity contribution in [1.82, 2.24) is 0 Å². The number of anilines is 1. The van der Waals surface area contributed by atoms with Crippen molar-refractivity contribution >= 4 is 44.2 Å². The van der Waals surface area contributed by atoms with Crippen molar-refractivity contribution in [3.05, 3.63) is 79.1 Å². The van der Waals surface area contributed by atoms with E-state index in [0.717, 1.165) is 17.7 Å². The number of rotatable bonds is 5. The molecule has 4 nitrogen and oxygen atoms in total. The van der Waals surface area contributed by atoms with Crippen molar-refractivity contribution in [1.29, 1.82) is 5.26 Å². The summed E-state index contributed by atoms with van der Waals surface area (Å²) < 4.78 is 54.0. The van der Waals surface area contributed by atoms with Crippen LogP contribution in [0.5, 0.6) is 17.2 Å². The van der Waals surface area contributed by atoms with Gasteiger partial charge < -0.3 is 15.2 Å². The van der Waals surface area contributed by atoms with Gasteiger partial charge in [-0.3, -0.25) is 0 Å². The third-order valence-corrected chi connectivity index (χ3v) is 6.48. The fraction of sp³-hybridized carbons (Fsp3) is 0.0500. The quantitative estimate of drug-likeness (QED) is 0.221. The van der Waals surface area contributed by atoms with Gasteiger partial charge in [-0.15, -0.1) is 0 Å². The Balaban J connectivity index is 2.04. The second kappa shape index (κ2) is 8.92. The Morgan fingerprint density at radius 3 is 2.41 bits per heavy atom. The fourth-order valence-corrected chi connectivity index (χ4v) is 3.33. The van der Waals surface area contributed by atoms with E-state index in [1.54, 1.807) is 52.9 Å². The number of nitrogen functional groups attached to an aromatic ring is 1. The van der Waals surface area contributed by atoms with Crippen LogP contribution >= 0.6 is 38.5 Å². The van der Waals surface area contributed by atoms with E-state index < -0.39 is 23.2 Å². The minimum absolute atomic E-state index is 0.0693. The normalized spacial score (nSPS) is 10.5. The molecule has 0 aliphatic rings. The third-order valence-electron chi connectivity index (χ3n) is 3.86. The third kappa shape index (κ3) is 4.43. The van der Waals surface area contributed by atoms with Crippen LogP contribution in [0.15, 0.2) is 46.9 Å². The average Bonchev–Trinajstić information content (AvgIpc) is 2.74. The number of ether oxygens (including phenoxy) is 2. The molecule has 0 atom stereocenters. The van der Waals surface area contributed by atoms with Gasteiger partial charge in [0.25, 0.3) is 0 Å². The second-order valence-corrected chi connectivity index (χ2v) is 7.64. The maximum atomic E-state index is 14.4. The van der Waals surface area contributed by atoms with E-state index in [1.165, 1.54) is 0 Å². The molecule has 0 heterocycles. The summed E-state index contributed by atoms with van der Waals surface area (Å²) in [5, 5.41) is 9.09. The maximum Gasteiger partial charge on any atom is 0.204 e. The first-order chi connectivity index (χ1) is 13.8. The Labute approximate surface area is 186 Å². The zero-order chi connectivity index (χ0) is 21.1. The number of benzene rings is 3. The van der Waals surface area contributed by atoms with Gasteiger partial charge in [-0.25, -0.2) is 8.78 Å². The van der Waals surface area contributed by atoms with Crippen LogP contribution in [0.1, 0.15) is 11.1 Å². The highest BCUT2D eigenvalue weighted by molar-refractivity contribution is 14.1. The Morgan fingerprint density at radius 2 is 1.76 bits per heavy atom. The Morgan fingerprint density at radius 1 is 1.07 bits per heavy atom. The lowest BCUT2D eigenvalue weighted by Gasteiger charge is -2.16. The molecule has 0 fully saturated rings. The van der Waals surface area contributed by atoms with Crippen LogP contribution in [0.3, 0.4) is 0 Å². The minimum Gasteiger partial charge on any atom is -0.485 e. The molecule has 0 aliphatic carbocycles. The van der Waals surface area contributed by atoms with Crippen LogP contribution < -0.4 is 15.2 Å². The SMILES string of the molecule is N#Cc1cc(Oc2c(F)c(F)c(N)c(I)c2Br)c(OCc2ccccc2)cc1F. The summed E-state index contributed by atoms with van der Waals surface area (Å²) in [6.07, 6.45) is 0. The molecule has 0 saturated carbocycles. The number of hydrogen-bond donors (Lipinski definition) is 1. The van der Waals surface area contributed by atoms with Gasteiger partial charge in [-0.1, -0.05) is 30.3 Å². The summed E-state index contributed by atoms with van der Waals surface area (Å²) in [5.74, 6) is -4.17. The number of halogens is 5. The number of nitriles is 1.